The number of carboxylic acid groups (broad SMARTS) is 1. The number of aliphatic carboxylic acids is 1. The van der Waals surface area contributed by atoms with Crippen molar-refractivity contribution in [3.8, 4) is 0 Å². The molecular weight excluding hydrogens is 736 g/mol. The summed E-state index contributed by atoms with van der Waals surface area (Å²) in [6.45, 7) is 22.2. The summed E-state index contributed by atoms with van der Waals surface area (Å²) in [6, 6.07) is 7.93. The summed E-state index contributed by atoms with van der Waals surface area (Å²) in [5, 5.41) is 10.4. The number of ketones is 2. The molecule has 57 heavy (non-hydrogen) atoms. The van der Waals surface area contributed by atoms with Gasteiger partial charge < -0.3 is 14.7 Å². The predicted molar refractivity (Wildman–Crippen MR) is 226 cm³/mol. The molecule has 1 aromatic rings. The molecule has 0 heterocycles. The third-order valence-corrected chi connectivity index (χ3v) is 17.0. The second kappa shape index (κ2) is 15.8. The highest BCUT2D eigenvalue weighted by Crippen LogP contribution is 2.76. The number of rotatable bonds is 13. The van der Waals surface area contributed by atoms with Crippen LogP contribution in [-0.2, 0) is 30.5 Å². The molecule has 0 bridgehead atoms. The number of Topliss-reactive ketones (excluding diaryl/α,β-unsaturated/α-hetero) is 2. The minimum Gasteiger partial charge on any atom is -0.481 e. The molecule has 0 radical (unpaired) electrons. The first-order chi connectivity index (χ1) is 26.5. The third kappa shape index (κ3) is 7.83. The maximum Gasteiger partial charge on any atom is 0.309 e. The number of likely N-dealkylation sites (N-methyl/N-ethyl adjacent to an activating group) is 1. The monoisotopic (exact) mass is 807 g/mol. The van der Waals surface area contributed by atoms with E-state index < -0.39 is 17.4 Å². The quantitative estimate of drug-likeness (QED) is 0.197. The highest BCUT2D eigenvalue weighted by atomic mass is 35.5. The second-order valence-electron chi connectivity index (χ2n) is 21.5. The van der Waals surface area contributed by atoms with E-state index in [0.29, 0.717) is 36.4 Å². The zero-order valence-electron chi connectivity index (χ0n) is 36.8. The molecule has 9 atom stereocenters. The van der Waals surface area contributed by atoms with Crippen LogP contribution in [0.25, 0.3) is 0 Å². The van der Waals surface area contributed by atoms with Crippen LogP contribution in [0.1, 0.15) is 126 Å². The van der Waals surface area contributed by atoms with Gasteiger partial charge in [0.2, 0.25) is 0 Å². The summed E-state index contributed by atoms with van der Waals surface area (Å²) < 4.78 is 6.20. The smallest absolute Gasteiger partial charge is 0.309 e. The van der Waals surface area contributed by atoms with Gasteiger partial charge in [0.15, 0.2) is 11.6 Å². The lowest BCUT2D eigenvalue weighted by Crippen LogP contribution is -2.66. The summed E-state index contributed by atoms with van der Waals surface area (Å²) in [6.07, 6.45) is 6.69. The molecule has 0 saturated heterocycles. The topological polar surface area (TPSA) is 104 Å². The van der Waals surface area contributed by atoms with Crippen LogP contribution in [-0.4, -0.2) is 78.2 Å². The van der Waals surface area contributed by atoms with Crippen LogP contribution < -0.4 is 0 Å². The van der Waals surface area contributed by atoms with Crippen molar-refractivity contribution in [2.45, 2.75) is 133 Å². The van der Waals surface area contributed by atoms with Gasteiger partial charge in [-0.05, 0) is 142 Å². The lowest BCUT2D eigenvalue weighted by atomic mass is 9.33. The fourth-order valence-corrected chi connectivity index (χ4v) is 13.7. The predicted octanol–water partition coefficient (Wildman–Crippen LogP) is 9.52. The molecule has 5 aliphatic carbocycles. The molecule has 8 nitrogen and oxygen atoms in total. The van der Waals surface area contributed by atoms with Gasteiger partial charge in [0.25, 0.3) is 0 Å². The van der Waals surface area contributed by atoms with E-state index in [-0.39, 0.29) is 69.4 Å². The van der Waals surface area contributed by atoms with E-state index >= 15 is 4.79 Å². The Balaban J connectivity index is 1.31. The molecule has 1 unspecified atom stereocenters. The molecular formula is C48H71ClN2O6. The molecule has 0 aromatic heterocycles. The second-order valence-corrected chi connectivity index (χ2v) is 21.9. The van der Waals surface area contributed by atoms with Crippen LogP contribution in [0.5, 0.6) is 0 Å². The molecule has 0 aliphatic heterocycles. The number of carbonyl (C=O) groups excluding carboxylic acids is 3. The number of fused-ring (bicyclic) bond motifs is 7. The minimum absolute atomic E-state index is 0.00634. The van der Waals surface area contributed by atoms with Crippen molar-refractivity contribution >= 4 is 35.1 Å². The van der Waals surface area contributed by atoms with Gasteiger partial charge in [-0.25, -0.2) is 0 Å². The molecule has 1 N–H and O–H groups in total. The van der Waals surface area contributed by atoms with E-state index in [1.165, 1.54) is 5.57 Å². The average Bonchev–Trinajstić information content (AvgIpc) is 3.45. The standard InChI is InChI=1S/C48H71ClN2O6/c1-29(2)41-35(52)24-32-33(36(53)28-51(23-22-50(10)11)27-30-12-14-31(49)15-13-30)25-48(9)34(42(32)41)16-17-38-46(7)20-19-39(57-40(54)26-44(3,4)43(55)56)45(5,6)37(46)18-21-47(38,48)8/h12-15,29,32-34,37-39H,16-28H2,1-11H3,(H,55,56)/t32?,33-,34+,37-,38+,39-,46-,47+,48+/m0/s1. The number of ether oxygens (including phenoxy) is 1. The first kappa shape index (κ1) is 44.0. The van der Waals surface area contributed by atoms with E-state index in [1.807, 2.05) is 24.3 Å². The number of nitrogens with zero attached hydrogens (tertiary/aromatic N) is 2. The van der Waals surface area contributed by atoms with Crippen LogP contribution in [0, 0.1) is 62.6 Å². The third-order valence-electron chi connectivity index (χ3n) is 16.7. The zero-order valence-corrected chi connectivity index (χ0v) is 37.6. The number of hydrogen-bond donors (Lipinski definition) is 1. The number of halogens is 1. The van der Waals surface area contributed by atoms with Crippen LogP contribution in [0.3, 0.4) is 0 Å². The molecule has 4 fully saturated rings. The molecule has 0 amide bonds. The highest BCUT2D eigenvalue weighted by Gasteiger charge is 2.70. The Bertz CT molecular complexity index is 1770. The van der Waals surface area contributed by atoms with Gasteiger partial charge in [-0.1, -0.05) is 77.8 Å². The number of benzene rings is 1. The first-order valence-corrected chi connectivity index (χ1v) is 22.2. The molecule has 1 aromatic carbocycles. The molecule has 316 valence electrons. The lowest BCUT2D eigenvalue weighted by Gasteiger charge is -2.72. The van der Waals surface area contributed by atoms with Gasteiger partial charge in [0.1, 0.15) is 6.10 Å². The van der Waals surface area contributed by atoms with Crippen LogP contribution >= 0.6 is 11.6 Å². The van der Waals surface area contributed by atoms with E-state index in [9.17, 15) is 19.5 Å². The Morgan fingerprint density at radius 1 is 0.930 bits per heavy atom. The van der Waals surface area contributed by atoms with Crippen molar-refractivity contribution in [1.82, 2.24) is 9.80 Å². The van der Waals surface area contributed by atoms with Gasteiger partial charge in [-0.3, -0.25) is 24.1 Å². The van der Waals surface area contributed by atoms with E-state index in [0.717, 1.165) is 69.2 Å². The molecule has 6 rings (SSSR count). The fraction of sp³-hybridized carbons (Fsp3) is 0.750. The van der Waals surface area contributed by atoms with Gasteiger partial charge in [0, 0.05) is 42.4 Å². The number of hydrogen-bond acceptors (Lipinski definition) is 7. The van der Waals surface area contributed by atoms with Crippen molar-refractivity contribution in [2.75, 3.05) is 33.7 Å². The van der Waals surface area contributed by atoms with E-state index in [2.05, 4.69) is 72.4 Å². The Labute approximate surface area is 347 Å². The number of esters is 1. The normalized spacial score (nSPS) is 34.8. The van der Waals surface area contributed by atoms with Gasteiger partial charge in [-0.2, -0.15) is 0 Å². The van der Waals surface area contributed by atoms with Crippen LogP contribution in [0.4, 0.5) is 0 Å². The molecule has 9 heteroatoms. The summed E-state index contributed by atoms with van der Waals surface area (Å²) >= 11 is 6.23. The summed E-state index contributed by atoms with van der Waals surface area (Å²) in [5.74, 6) is -0.00155. The summed E-state index contributed by atoms with van der Waals surface area (Å²) in [7, 11) is 4.13. The van der Waals surface area contributed by atoms with Crippen molar-refractivity contribution in [3.05, 3.63) is 46.0 Å². The Morgan fingerprint density at radius 2 is 1.60 bits per heavy atom. The zero-order chi connectivity index (χ0) is 42.0. The number of carbonyl (C=O) groups is 4. The molecule has 4 saturated carbocycles. The Kier molecular flexibility index (Phi) is 12.2. The lowest BCUT2D eigenvalue weighted by molar-refractivity contribution is -0.234. The minimum atomic E-state index is -1.18. The summed E-state index contributed by atoms with van der Waals surface area (Å²) in [5.41, 5.74) is 1.79. The molecule has 0 spiro atoms. The largest absolute Gasteiger partial charge is 0.481 e. The Morgan fingerprint density at radius 3 is 2.21 bits per heavy atom. The van der Waals surface area contributed by atoms with Crippen LogP contribution in [0.15, 0.2) is 35.4 Å². The number of allylic oxidation sites excluding steroid dienone is 2. The Hall–Kier alpha value is -2.55. The van der Waals surface area contributed by atoms with Crippen molar-refractivity contribution in [2.24, 2.45) is 62.6 Å². The highest BCUT2D eigenvalue weighted by molar-refractivity contribution is 6.30. The summed E-state index contributed by atoms with van der Waals surface area (Å²) in [4.78, 5) is 58.5. The van der Waals surface area contributed by atoms with E-state index in [1.54, 1.807) is 13.8 Å². The first-order valence-electron chi connectivity index (χ1n) is 21.8. The van der Waals surface area contributed by atoms with Gasteiger partial charge in [0.05, 0.1) is 18.4 Å². The van der Waals surface area contributed by atoms with Gasteiger partial charge in [-0.15, -0.1) is 0 Å². The van der Waals surface area contributed by atoms with Crippen molar-refractivity contribution in [1.29, 1.82) is 0 Å². The van der Waals surface area contributed by atoms with Crippen molar-refractivity contribution < 1.29 is 29.0 Å². The van der Waals surface area contributed by atoms with Gasteiger partial charge >= 0.3 is 11.9 Å². The van der Waals surface area contributed by atoms with Crippen LogP contribution in [0.2, 0.25) is 5.02 Å². The average molecular weight is 808 g/mol. The maximum atomic E-state index is 15.0. The number of carboxylic acids is 1. The van der Waals surface area contributed by atoms with E-state index in [4.69, 9.17) is 16.3 Å². The fourth-order valence-electron chi connectivity index (χ4n) is 13.6. The van der Waals surface area contributed by atoms with Crippen molar-refractivity contribution in [3.63, 3.8) is 0 Å². The molecule has 5 aliphatic rings. The SMILES string of the molecule is CC(C)C1=C2C(CC1=O)[C@@H](C(=O)CN(CCN(C)C)Cc1ccc(Cl)cc1)C[C@]1(C)[C@@H]2CC[C@@H]2[C@@]3(C)CC[C@H](OC(=O)CC(C)(C)C(=O)O)C(C)(C)[C@@H]3CC[C@]21C. The maximum absolute atomic E-state index is 15.0.